The van der Waals surface area contributed by atoms with Gasteiger partial charge in [-0.2, -0.15) is 0 Å². The largest absolute Gasteiger partial charge is 0.436 e. The van der Waals surface area contributed by atoms with E-state index in [0.717, 1.165) is 33.5 Å². The van der Waals surface area contributed by atoms with Crippen LogP contribution >= 0.6 is 12.2 Å². The molecule has 1 heterocycles. The maximum absolute atomic E-state index is 12.4. The van der Waals surface area contributed by atoms with E-state index in [0.29, 0.717) is 11.5 Å². The average Bonchev–Trinajstić information content (AvgIpc) is 3.11. The lowest BCUT2D eigenvalue weighted by molar-refractivity contribution is 0.0977. The van der Waals surface area contributed by atoms with Gasteiger partial charge in [0.25, 0.3) is 5.91 Å². The molecule has 3 aromatic carbocycles. The molecule has 144 valence electrons. The third kappa shape index (κ3) is 4.17. The number of anilines is 1. The second-order valence-corrected chi connectivity index (χ2v) is 7.20. The van der Waals surface area contributed by atoms with Crippen LogP contribution in [0.15, 0.2) is 71.1 Å². The number of carbonyl (C=O) groups excluding carboxylic acids is 1. The molecule has 0 atom stereocenters. The quantitative estimate of drug-likeness (QED) is 0.460. The van der Waals surface area contributed by atoms with Crippen molar-refractivity contribution in [2.24, 2.45) is 0 Å². The molecule has 1 aromatic heterocycles. The fourth-order valence-electron chi connectivity index (χ4n) is 3.05. The van der Waals surface area contributed by atoms with Crippen molar-refractivity contribution in [3.63, 3.8) is 0 Å². The van der Waals surface area contributed by atoms with Gasteiger partial charge in [-0.05, 0) is 73.6 Å². The molecule has 0 fully saturated rings. The highest BCUT2D eigenvalue weighted by atomic mass is 32.1. The lowest BCUT2D eigenvalue weighted by Crippen LogP contribution is -2.34. The van der Waals surface area contributed by atoms with E-state index in [9.17, 15) is 4.79 Å². The molecule has 0 unspecified atom stereocenters. The third-order valence-corrected chi connectivity index (χ3v) is 4.73. The zero-order valence-corrected chi connectivity index (χ0v) is 16.8. The predicted octanol–water partition coefficient (Wildman–Crippen LogP) is 5.24. The van der Waals surface area contributed by atoms with Crippen LogP contribution in [0.3, 0.4) is 0 Å². The van der Waals surface area contributed by atoms with Crippen LogP contribution in [0.4, 0.5) is 5.69 Å². The van der Waals surface area contributed by atoms with Crippen LogP contribution in [0.2, 0.25) is 0 Å². The summed E-state index contributed by atoms with van der Waals surface area (Å²) >= 11 is 5.30. The van der Waals surface area contributed by atoms with Crippen molar-refractivity contribution < 1.29 is 9.21 Å². The number of oxazole rings is 1. The summed E-state index contributed by atoms with van der Waals surface area (Å²) in [4.78, 5) is 17.0. The maximum Gasteiger partial charge on any atom is 0.257 e. The van der Waals surface area contributed by atoms with E-state index in [2.05, 4.69) is 15.6 Å². The van der Waals surface area contributed by atoms with Gasteiger partial charge in [0.15, 0.2) is 10.7 Å². The Morgan fingerprint density at radius 1 is 1.00 bits per heavy atom. The van der Waals surface area contributed by atoms with E-state index < -0.39 is 0 Å². The number of aryl methyl sites for hydroxylation is 2. The minimum Gasteiger partial charge on any atom is -0.436 e. The fourth-order valence-corrected chi connectivity index (χ4v) is 3.26. The van der Waals surface area contributed by atoms with Gasteiger partial charge in [-0.25, -0.2) is 4.98 Å². The molecule has 5 nitrogen and oxygen atoms in total. The van der Waals surface area contributed by atoms with Gasteiger partial charge in [-0.3, -0.25) is 10.1 Å². The molecular weight excluding hydrogens is 382 g/mol. The maximum atomic E-state index is 12.4. The van der Waals surface area contributed by atoms with Crippen molar-refractivity contribution in [3.8, 4) is 11.5 Å². The van der Waals surface area contributed by atoms with Crippen LogP contribution < -0.4 is 10.6 Å². The zero-order valence-electron chi connectivity index (χ0n) is 16.0. The van der Waals surface area contributed by atoms with Gasteiger partial charge in [0.05, 0.1) is 0 Å². The van der Waals surface area contributed by atoms with Crippen LogP contribution in [0.25, 0.3) is 22.6 Å². The fraction of sp³-hybridized carbons (Fsp3) is 0.0870. The molecule has 0 bridgehead atoms. The van der Waals surface area contributed by atoms with Gasteiger partial charge in [0.2, 0.25) is 5.89 Å². The number of amides is 1. The van der Waals surface area contributed by atoms with Crippen LogP contribution in [0.1, 0.15) is 21.5 Å². The van der Waals surface area contributed by atoms with Crippen molar-refractivity contribution in [2.75, 3.05) is 5.32 Å². The average molecular weight is 401 g/mol. The first kappa shape index (κ1) is 18.8. The Hall–Kier alpha value is -3.51. The molecule has 1 amide bonds. The number of nitrogens with one attached hydrogen (secondary N) is 2. The van der Waals surface area contributed by atoms with Crippen molar-refractivity contribution in [1.82, 2.24) is 10.3 Å². The van der Waals surface area contributed by atoms with Gasteiger partial charge in [-0.15, -0.1) is 0 Å². The molecule has 0 spiro atoms. The van der Waals surface area contributed by atoms with Gasteiger partial charge >= 0.3 is 0 Å². The Labute approximate surface area is 173 Å². The minimum absolute atomic E-state index is 0.226. The third-order valence-electron chi connectivity index (χ3n) is 4.53. The molecule has 0 radical (unpaired) electrons. The first-order chi connectivity index (χ1) is 14.0. The van der Waals surface area contributed by atoms with Gasteiger partial charge < -0.3 is 9.73 Å². The summed E-state index contributed by atoms with van der Waals surface area (Å²) in [5, 5.41) is 5.99. The first-order valence-corrected chi connectivity index (χ1v) is 9.56. The van der Waals surface area contributed by atoms with Gasteiger partial charge in [-0.1, -0.05) is 30.3 Å². The monoisotopic (exact) mass is 401 g/mol. The van der Waals surface area contributed by atoms with E-state index in [-0.39, 0.29) is 11.0 Å². The van der Waals surface area contributed by atoms with Crippen LogP contribution in [-0.4, -0.2) is 16.0 Å². The van der Waals surface area contributed by atoms with Gasteiger partial charge in [0.1, 0.15) is 5.52 Å². The Morgan fingerprint density at radius 3 is 2.66 bits per heavy atom. The molecule has 0 aliphatic rings. The minimum atomic E-state index is -0.244. The van der Waals surface area contributed by atoms with Crippen molar-refractivity contribution >= 4 is 40.0 Å². The summed E-state index contributed by atoms with van der Waals surface area (Å²) in [6, 6.07) is 20.8. The van der Waals surface area contributed by atoms with Gasteiger partial charge in [0, 0.05) is 16.8 Å². The number of carbonyl (C=O) groups is 1. The van der Waals surface area contributed by atoms with Crippen molar-refractivity contribution in [2.45, 2.75) is 13.8 Å². The van der Waals surface area contributed by atoms with Crippen molar-refractivity contribution in [1.29, 1.82) is 0 Å². The first-order valence-electron chi connectivity index (χ1n) is 9.15. The predicted molar refractivity (Wildman–Crippen MR) is 119 cm³/mol. The smallest absolute Gasteiger partial charge is 0.257 e. The highest BCUT2D eigenvalue weighted by Crippen LogP contribution is 2.26. The number of aromatic nitrogens is 1. The number of hydrogen-bond acceptors (Lipinski definition) is 4. The van der Waals surface area contributed by atoms with E-state index in [1.165, 1.54) is 0 Å². The lowest BCUT2D eigenvalue weighted by Gasteiger charge is -2.11. The number of fused-ring (bicyclic) bond motifs is 1. The standard InChI is InChI=1S/C23H19N3O2S/c1-14-10-11-20-19(12-14)25-22(28-20)16-7-5-8-17(13-16)24-23(29)26-21(27)18-9-4-3-6-15(18)2/h3-13H,1-2H3,(H2,24,26,27,29). The molecule has 29 heavy (non-hydrogen) atoms. The number of thiocarbonyl (C=S) groups is 1. The Morgan fingerprint density at radius 2 is 1.83 bits per heavy atom. The molecule has 4 aromatic rings. The van der Waals surface area contributed by atoms with Crippen LogP contribution in [0.5, 0.6) is 0 Å². The summed E-state index contributed by atoms with van der Waals surface area (Å²) in [6.07, 6.45) is 0. The van der Waals surface area contributed by atoms with Crippen molar-refractivity contribution in [3.05, 3.63) is 83.4 Å². The highest BCUT2D eigenvalue weighted by Gasteiger charge is 2.12. The summed E-state index contributed by atoms with van der Waals surface area (Å²) in [5.41, 5.74) is 5.72. The van der Waals surface area contributed by atoms with E-state index in [1.54, 1.807) is 6.07 Å². The summed E-state index contributed by atoms with van der Waals surface area (Å²) < 4.78 is 5.86. The molecule has 2 N–H and O–H groups in total. The van der Waals surface area contributed by atoms with E-state index in [4.69, 9.17) is 16.6 Å². The summed E-state index contributed by atoms with van der Waals surface area (Å²) in [7, 11) is 0. The number of benzene rings is 3. The zero-order chi connectivity index (χ0) is 20.4. The Kier molecular flexibility index (Phi) is 5.10. The van der Waals surface area contributed by atoms with Crippen LogP contribution in [0, 0.1) is 13.8 Å². The molecule has 0 saturated carbocycles. The molecular formula is C23H19N3O2S. The number of hydrogen-bond donors (Lipinski definition) is 2. The topological polar surface area (TPSA) is 67.2 Å². The Bertz CT molecular complexity index is 1230. The lowest BCUT2D eigenvalue weighted by atomic mass is 10.1. The molecule has 0 aliphatic heterocycles. The van der Waals surface area contributed by atoms with Crippen LogP contribution in [-0.2, 0) is 0 Å². The van der Waals surface area contributed by atoms with E-state index >= 15 is 0 Å². The SMILES string of the molecule is Cc1ccc2oc(-c3cccc(NC(=S)NC(=O)c4ccccc4C)c3)nc2c1. The summed E-state index contributed by atoms with van der Waals surface area (Å²) in [6.45, 7) is 3.90. The van der Waals surface area contributed by atoms with E-state index in [1.807, 2.05) is 74.5 Å². The highest BCUT2D eigenvalue weighted by molar-refractivity contribution is 7.80. The second-order valence-electron chi connectivity index (χ2n) is 6.79. The molecule has 4 rings (SSSR count). The Balaban J connectivity index is 1.50. The normalized spacial score (nSPS) is 10.7. The summed E-state index contributed by atoms with van der Waals surface area (Å²) in [5.74, 6) is 0.287. The molecule has 0 saturated heterocycles. The second kappa shape index (κ2) is 7.85. The number of rotatable bonds is 3. The molecule has 6 heteroatoms. The molecule has 0 aliphatic carbocycles. The number of nitrogens with zero attached hydrogens (tertiary/aromatic N) is 1.